The fourth-order valence-electron chi connectivity index (χ4n) is 3.92. The summed E-state index contributed by atoms with van der Waals surface area (Å²) in [7, 11) is 0. The second-order valence-corrected chi connectivity index (χ2v) is 8.54. The van der Waals surface area contributed by atoms with Crippen molar-refractivity contribution in [2.45, 2.75) is 0 Å². The van der Waals surface area contributed by atoms with Gasteiger partial charge in [-0.3, -0.25) is 10.1 Å². The summed E-state index contributed by atoms with van der Waals surface area (Å²) in [4.78, 5) is 20.5. The first-order valence-corrected chi connectivity index (χ1v) is 11.1. The number of nitro benzene ring substituents is 1. The van der Waals surface area contributed by atoms with Gasteiger partial charge in [-0.1, -0.05) is 54.6 Å². The van der Waals surface area contributed by atoms with E-state index in [0.717, 1.165) is 31.4 Å². The van der Waals surface area contributed by atoms with Gasteiger partial charge in [-0.05, 0) is 41.1 Å². The van der Waals surface area contributed by atoms with E-state index in [9.17, 15) is 10.1 Å². The largest absolute Gasteiger partial charge is 0.438 e. The Morgan fingerprint density at radius 1 is 0.879 bits per heavy atom. The van der Waals surface area contributed by atoms with E-state index in [2.05, 4.69) is 11.1 Å². The molecule has 4 aromatic carbocycles. The number of hydrogen-bond donors (Lipinski definition) is 0. The predicted octanol–water partition coefficient (Wildman–Crippen LogP) is 7.00. The van der Waals surface area contributed by atoms with Gasteiger partial charge in [-0.25, -0.2) is 9.98 Å². The zero-order chi connectivity index (χ0) is 22.4. The molecule has 2 heterocycles. The minimum Gasteiger partial charge on any atom is -0.438 e. The SMILES string of the molecule is O=[N+]([O-])c1ccccc1N=c1oc2ccc3ccccc3c2cc1-c1nc2ccccc2s1. The first-order valence-electron chi connectivity index (χ1n) is 10.3. The highest BCUT2D eigenvalue weighted by Gasteiger charge is 2.16. The molecule has 0 bridgehead atoms. The number of nitro groups is 1. The van der Waals surface area contributed by atoms with Crippen molar-refractivity contribution in [1.29, 1.82) is 0 Å². The Morgan fingerprint density at radius 2 is 1.67 bits per heavy atom. The summed E-state index contributed by atoms with van der Waals surface area (Å²) in [5.41, 5.74) is 2.66. The average molecular weight is 449 g/mol. The molecule has 2 aromatic heterocycles. The van der Waals surface area contributed by atoms with Crippen molar-refractivity contribution in [1.82, 2.24) is 4.98 Å². The van der Waals surface area contributed by atoms with Gasteiger partial charge in [-0.15, -0.1) is 11.3 Å². The molecule has 6 aromatic rings. The fourth-order valence-corrected chi connectivity index (χ4v) is 4.90. The summed E-state index contributed by atoms with van der Waals surface area (Å²) in [5.74, 6) is 0. The molecule has 6 rings (SSSR count). The van der Waals surface area contributed by atoms with Crippen LogP contribution in [0.5, 0.6) is 0 Å². The van der Waals surface area contributed by atoms with Gasteiger partial charge in [0.15, 0.2) is 0 Å². The third kappa shape index (κ3) is 3.35. The molecule has 0 spiro atoms. The fraction of sp³-hybridized carbons (Fsp3) is 0. The van der Waals surface area contributed by atoms with E-state index in [1.54, 1.807) is 18.2 Å². The van der Waals surface area contributed by atoms with Crippen LogP contribution in [0, 0.1) is 10.1 Å². The summed E-state index contributed by atoms with van der Waals surface area (Å²) in [6, 6.07) is 28.3. The van der Waals surface area contributed by atoms with E-state index in [0.29, 0.717) is 11.1 Å². The number of hydrogen-bond acceptors (Lipinski definition) is 6. The molecule has 0 aliphatic heterocycles. The quantitative estimate of drug-likeness (QED) is 0.165. The van der Waals surface area contributed by atoms with Crippen molar-refractivity contribution in [2.75, 3.05) is 0 Å². The molecule has 0 N–H and O–H groups in total. The molecule has 0 aliphatic carbocycles. The van der Waals surface area contributed by atoms with Crippen molar-refractivity contribution < 1.29 is 9.34 Å². The van der Waals surface area contributed by atoms with E-state index in [1.807, 2.05) is 60.7 Å². The first-order chi connectivity index (χ1) is 16.2. The zero-order valence-corrected chi connectivity index (χ0v) is 18.0. The number of aromatic nitrogens is 1. The summed E-state index contributed by atoms with van der Waals surface area (Å²) in [6.45, 7) is 0. The molecule has 0 saturated heterocycles. The number of para-hydroxylation sites is 3. The Morgan fingerprint density at radius 3 is 2.55 bits per heavy atom. The Kier molecular flexibility index (Phi) is 4.48. The molecule has 7 heteroatoms. The third-order valence-electron chi connectivity index (χ3n) is 5.48. The van der Waals surface area contributed by atoms with Gasteiger partial charge in [0.1, 0.15) is 16.3 Å². The molecule has 33 heavy (non-hydrogen) atoms. The Balaban J connectivity index is 1.71. The summed E-state index contributed by atoms with van der Waals surface area (Å²) >= 11 is 1.53. The molecule has 0 fully saturated rings. The van der Waals surface area contributed by atoms with Crippen molar-refractivity contribution in [2.24, 2.45) is 4.99 Å². The van der Waals surface area contributed by atoms with Crippen LogP contribution in [0.15, 0.2) is 100 Å². The topological polar surface area (TPSA) is 81.5 Å². The number of rotatable bonds is 3. The van der Waals surface area contributed by atoms with E-state index >= 15 is 0 Å². The summed E-state index contributed by atoms with van der Waals surface area (Å²) in [5, 5.41) is 15.4. The maximum atomic E-state index is 11.5. The van der Waals surface area contributed by atoms with Gasteiger partial charge in [0.05, 0.1) is 20.7 Å². The van der Waals surface area contributed by atoms with Crippen molar-refractivity contribution in [3.63, 3.8) is 0 Å². The minimum absolute atomic E-state index is 0.0819. The highest BCUT2D eigenvalue weighted by Crippen LogP contribution is 2.33. The third-order valence-corrected chi connectivity index (χ3v) is 6.55. The lowest BCUT2D eigenvalue weighted by Gasteiger charge is -2.06. The minimum atomic E-state index is -0.440. The van der Waals surface area contributed by atoms with Gasteiger partial charge < -0.3 is 4.42 Å². The van der Waals surface area contributed by atoms with E-state index in [-0.39, 0.29) is 16.9 Å². The molecule has 6 nitrogen and oxygen atoms in total. The zero-order valence-electron chi connectivity index (χ0n) is 17.1. The van der Waals surface area contributed by atoms with Gasteiger partial charge in [0.2, 0.25) is 5.55 Å². The van der Waals surface area contributed by atoms with Crippen LogP contribution >= 0.6 is 11.3 Å². The summed E-state index contributed by atoms with van der Waals surface area (Å²) in [6.07, 6.45) is 0. The lowest BCUT2D eigenvalue weighted by atomic mass is 10.0. The van der Waals surface area contributed by atoms with E-state index < -0.39 is 4.92 Å². The number of thiazole rings is 1. The average Bonchev–Trinajstić information content (AvgIpc) is 3.28. The molecule has 158 valence electrons. The van der Waals surface area contributed by atoms with Crippen LogP contribution in [-0.2, 0) is 0 Å². The van der Waals surface area contributed by atoms with Crippen LogP contribution in [-0.4, -0.2) is 9.91 Å². The number of nitrogens with zero attached hydrogens (tertiary/aromatic N) is 3. The van der Waals surface area contributed by atoms with Gasteiger partial charge in [-0.2, -0.15) is 0 Å². The monoisotopic (exact) mass is 449 g/mol. The maximum Gasteiger partial charge on any atom is 0.294 e. The molecule has 0 radical (unpaired) electrons. The highest BCUT2D eigenvalue weighted by atomic mass is 32.1. The lowest BCUT2D eigenvalue weighted by Crippen LogP contribution is -2.06. The van der Waals surface area contributed by atoms with Gasteiger partial charge in [0, 0.05) is 11.5 Å². The van der Waals surface area contributed by atoms with Crippen LogP contribution in [0.2, 0.25) is 0 Å². The first kappa shape index (κ1) is 19.3. The van der Waals surface area contributed by atoms with Gasteiger partial charge in [0.25, 0.3) is 5.69 Å². The van der Waals surface area contributed by atoms with Crippen LogP contribution in [0.25, 0.3) is 42.5 Å². The molecule has 0 unspecified atom stereocenters. The molecular formula is C26H15N3O3S. The van der Waals surface area contributed by atoms with Crippen LogP contribution in [0.4, 0.5) is 11.4 Å². The molecular weight excluding hydrogens is 434 g/mol. The van der Waals surface area contributed by atoms with E-state index in [4.69, 9.17) is 9.40 Å². The second kappa shape index (κ2) is 7.65. The smallest absolute Gasteiger partial charge is 0.294 e. The molecule has 0 saturated carbocycles. The normalized spacial score (nSPS) is 12.1. The number of benzene rings is 4. The van der Waals surface area contributed by atoms with Gasteiger partial charge >= 0.3 is 0 Å². The van der Waals surface area contributed by atoms with Crippen LogP contribution in [0.1, 0.15) is 0 Å². The maximum absolute atomic E-state index is 11.5. The molecule has 0 amide bonds. The molecule has 0 aliphatic rings. The lowest BCUT2D eigenvalue weighted by molar-refractivity contribution is -0.384. The standard InChI is InChI=1S/C26H15N3O3S/c30-29(31)22-11-5-3-9-20(22)27-25-19(26-28-21-10-4-6-12-24(21)33-26)15-18-17-8-2-1-7-16(17)13-14-23(18)32-25/h1-15H. The van der Waals surface area contributed by atoms with Crippen LogP contribution < -0.4 is 5.55 Å². The summed E-state index contributed by atoms with van der Waals surface area (Å²) < 4.78 is 7.31. The van der Waals surface area contributed by atoms with E-state index in [1.165, 1.54) is 17.4 Å². The predicted molar refractivity (Wildman–Crippen MR) is 131 cm³/mol. The highest BCUT2D eigenvalue weighted by molar-refractivity contribution is 7.21. The number of fused-ring (bicyclic) bond motifs is 4. The Bertz CT molecular complexity index is 1740. The van der Waals surface area contributed by atoms with Crippen LogP contribution in [0.3, 0.4) is 0 Å². The second-order valence-electron chi connectivity index (χ2n) is 7.51. The van der Waals surface area contributed by atoms with Crippen molar-refractivity contribution in [3.8, 4) is 10.6 Å². The Hall–Kier alpha value is -4.36. The Labute approximate surface area is 191 Å². The van der Waals surface area contributed by atoms with Crippen molar-refractivity contribution >= 4 is 54.7 Å². The molecule has 0 atom stereocenters. The van der Waals surface area contributed by atoms with Crippen molar-refractivity contribution in [3.05, 3.63) is 107 Å².